The van der Waals surface area contributed by atoms with Gasteiger partial charge in [0.1, 0.15) is 5.52 Å². The molecule has 1 amide bonds. The van der Waals surface area contributed by atoms with E-state index < -0.39 is 12.0 Å². The van der Waals surface area contributed by atoms with Crippen LogP contribution in [0.4, 0.5) is 24.7 Å². The number of rotatable bonds is 9. The number of carbonyl (C=O) groups is 1. The summed E-state index contributed by atoms with van der Waals surface area (Å²) < 4.78 is 46.4. The quantitative estimate of drug-likeness (QED) is 0.159. The van der Waals surface area contributed by atoms with Gasteiger partial charge in [-0.15, -0.1) is 0 Å². The van der Waals surface area contributed by atoms with Gasteiger partial charge in [0.15, 0.2) is 5.82 Å². The van der Waals surface area contributed by atoms with Gasteiger partial charge < -0.3 is 20.7 Å². The number of carbonyl (C=O) groups excluding carboxylic acids is 1. The van der Waals surface area contributed by atoms with Crippen LogP contribution in [0.3, 0.4) is 0 Å². The molecule has 1 fully saturated rings. The van der Waals surface area contributed by atoms with Crippen molar-refractivity contribution in [2.45, 2.75) is 38.5 Å². The lowest BCUT2D eigenvalue weighted by Crippen LogP contribution is -2.35. The van der Waals surface area contributed by atoms with Crippen LogP contribution in [0.2, 0.25) is 5.02 Å². The van der Waals surface area contributed by atoms with Crippen molar-refractivity contribution in [2.24, 2.45) is 0 Å². The minimum Gasteiger partial charge on any atom is -0.481 e. The van der Waals surface area contributed by atoms with Gasteiger partial charge in [-0.25, -0.2) is 15.0 Å². The van der Waals surface area contributed by atoms with Crippen molar-refractivity contribution in [1.82, 2.24) is 30.6 Å². The Kier molecular flexibility index (Phi) is 8.74. The predicted molar refractivity (Wildman–Crippen MR) is 170 cm³/mol. The number of nitrogens with zero attached hydrogens (tertiary/aromatic N) is 4. The summed E-state index contributed by atoms with van der Waals surface area (Å²) in [6.45, 7) is 3.00. The summed E-state index contributed by atoms with van der Waals surface area (Å²) >= 11 is 7.01. The third kappa shape index (κ3) is 6.44. The van der Waals surface area contributed by atoms with Gasteiger partial charge in [0.2, 0.25) is 17.6 Å². The summed E-state index contributed by atoms with van der Waals surface area (Å²) in [5, 5.41) is 9.80. The maximum atomic E-state index is 13.6. The van der Waals surface area contributed by atoms with E-state index in [-0.39, 0.29) is 28.8 Å². The lowest BCUT2D eigenvalue weighted by molar-refractivity contribution is -0.144. The van der Waals surface area contributed by atoms with Gasteiger partial charge >= 0.3 is 6.18 Å². The molecule has 0 spiro atoms. The highest BCUT2D eigenvalue weighted by Gasteiger charge is 2.36. The van der Waals surface area contributed by atoms with Crippen LogP contribution in [0, 0.1) is 6.92 Å². The van der Waals surface area contributed by atoms with E-state index in [4.69, 9.17) is 21.3 Å². The Morgan fingerprint density at radius 2 is 1.78 bits per heavy atom. The summed E-state index contributed by atoms with van der Waals surface area (Å²) in [5.41, 5.74) is 5.20. The maximum absolute atomic E-state index is 13.6. The van der Waals surface area contributed by atoms with Crippen molar-refractivity contribution in [3.05, 3.63) is 88.8 Å². The fourth-order valence-corrected chi connectivity index (χ4v) is 5.78. The molecular weight excluding hydrogens is 619 g/mol. The van der Waals surface area contributed by atoms with Crippen LogP contribution in [0.5, 0.6) is 5.88 Å². The Labute approximate surface area is 267 Å². The zero-order valence-corrected chi connectivity index (χ0v) is 25.6. The molecule has 1 aliphatic heterocycles. The lowest BCUT2D eigenvalue weighted by Gasteiger charge is -2.17. The molecule has 9 nitrogen and oxygen atoms in total. The first kappa shape index (κ1) is 31.2. The number of hydrogen-bond acceptors (Lipinski definition) is 8. The molecular formula is C33H29ClF3N7O2. The van der Waals surface area contributed by atoms with E-state index in [2.05, 4.69) is 30.9 Å². The second kappa shape index (κ2) is 12.9. The van der Waals surface area contributed by atoms with Crippen molar-refractivity contribution in [3.8, 4) is 28.3 Å². The van der Waals surface area contributed by atoms with Gasteiger partial charge in [-0.05, 0) is 48.7 Å². The average molecular weight is 648 g/mol. The monoisotopic (exact) mass is 647 g/mol. The molecule has 1 saturated heterocycles. The van der Waals surface area contributed by atoms with Crippen LogP contribution in [0.1, 0.15) is 29.8 Å². The topological polar surface area (TPSA) is 114 Å². The second-order valence-electron chi connectivity index (χ2n) is 10.8. The maximum Gasteiger partial charge on any atom is 0.451 e. The van der Waals surface area contributed by atoms with E-state index >= 15 is 0 Å². The molecule has 1 atom stereocenters. The minimum atomic E-state index is -4.73. The van der Waals surface area contributed by atoms with Crippen LogP contribution in [-0.2, 0) is 17.5 Å². The summed E-state index contributed by atoms with van der Waals surface area (Å²) in [6, 6.07) is 17.9. The molecule has 0 saturated carbocycles. The first-order chi connectivity index (χ1) is 22.1. The number of anilines is 2. The molecule has 3 N–H and O–H groups in total. The Hall–Kier alpha value is -4.81. The molecule has 1 aliphatic rings. The number of halogens is 4. The van der Waals surface area contributed by atoms with Crippen LogP contribution in [0.15, 0.2) is 66.9 Å². The number of fused-ring (bicyclic) bond motifs is 1. The number of methoxy groups -OCH3 is 1. The Bertz CT molecular complexity index is 1940. The molecule has 0 aliphatic carbocycles. The molecule has 6 rings (SSSR count). The molecule has 5 aromatic rings. The third-order valence-electron chi connectivity index (χ3n) is 7.78. The molecule has 236 valence electrons. The SMILES string of the molecule is COc1nc(-c2cccc(-c3cccc(Nc4nc(C(F)(F)F)nc5cccnc45)c3C)c2Cl)ccc1CNCC1CCC(=O)N1. The van der Waals surface area contributed by atoms with Crippen LogP contribution >= 0.6 is 11.6 Å². The average Bonchev–Trinajstić information content (AvgIpc) is 3.46. The number of pyridine rings is 2. The highest BCUT2D eigenvalue weighted by Crippen LogP contribution is 2.40. The zero-order valence-electron chi connectivity index (χ0n) is 24.9. The predicted octanol–water partition coefficient (Wildman–Crippen LogP) is 6.85. The summed E-state index contributed by atoms with van der Waals surface area (Å²) in [4.78, 5) is 27.8. The summed E-state index contributed by atoms with van der Waals surface area (Å²) in [7, 11) is 1.56. The molecule has 13 heteroatoms. The van der Waals surface area contributed by atoms with E-state index in [0.717, 1.165) is 23.1 Å². The second-order valence-corrected chi connectivity index (χ2v) is 11.2. The van der Waals surface area contributed by atoms with Gasteiger partial charge in [0, 0.05) is 54.1 Å². The smallest absolute Gasteiger partial charge is 0.451 e. The summed E-state index contributed by atoms with van der Waals surface area (Å²) in [6.07, 6.45) is -1.90. The summed E-state index contributed by atoms with van der Waals surface area (Å²) in [5.74, 6) is -0.791. The van der Waals surface area contributed by atoms with Crippen LogP contribution in [-0.4, -0.2) is 45.5 Å². The van der Waals surface area contributed by atoms with Gasteiger partial charge in [-0.1, -0.05) is 48.0 Å². The number of nitrogens with one attached hydrogen (secondary N) is 3. The molecule has 0 radical (unpaired) electrons. The molecule has 2 aromatic carbocycles. The highest BCUT2D eigenvalue weighted by molar-refractivity contribution is 6.36. The van der Waals surface area contributed by atoms with Gasteiger partial charge in [0.25, 0.3) is 0 Å². The van der Waals surface area contributed by atoms with E-state index in [1.807, 2.05) is 43.3 Å². The van der Waals surface area contributed by atoms with Gasteiger partial charge in [-0.2, -0.15) is 13.2 Å². The van der Waals surface area contributed by atoms with E-state index in [0.29, 0.717) is 52.9 Å². The number of aromatic nitrogens is 4. The first-order valence-electron chi connectivity index (χ1n) is 14.5. The Morgan fingerprint density at radius 1 is 1.00 bits per heavy atom. The van der Waals surface area contributed by atoms with E-state index in [1.165, 1.54) is 18.3 Å². The van der Waals surface area contributed by atoms with Crippen molar-refractivity contribution in [2.75, 3.05) is 19.0 Å². The van der Waals surface area contributed by atoms with Gasteiger partial charge in [-0.3, -0.25) is 9.78 Å². The minimum absolute atomic E-state index is 0.0584. The van der Waals surface area contributed by atoms with E-state index in [1.54, 1.807) is 19.2 Å². The fourth-order valence-electron chi connectivity index (χ4n) is 5.45. The standard InChI is InChI=1S/C33H29ClF3N7O2/c1-18-21(6-4-9-24(18)41-30-29-26(10-5-15-39-29)43-32(44-30)33(35,36)37)22-7-3-8-23(28(22)34)25-13-11-19(31(42-25)46-2)16-38-17-20-12-14-27(45)40-20/h3-11,13,15,20,38H,12,14,16-17H2,1-2H3,(H,40,45)(H,41,43,44). The third-order valence-corrected chi connectivity index (χ3v) is 8.19. The Morgan fingerprint density at radius 3 is 2.54 bits per heavy atom. The number of benzene rings is 2. The van der Waals surface area contributed by atoms with Crippen molar-refractivity contribution < 1.29 is 22.7 Å². The molecule has 1 unspecified atom stereocenters. The van der Waals surface area contributed by atoms with Crippen molar-refractivity contribution in [3.63, 3.8) is 0 Å². The fraction of sp³-hybridized carbons (Fsp3) is 0.242. The molecule has 0 bridgehead atoms. The van der Waals surface area contributed by atoms with Crippen molar-refractivity contribution >= 4 is 40.0 Å². The number of alkyl halides is 3. The lowest BCUT2D eigenvalue weighted by atomic mass is 9.96. The number of ether oxygens (including phenoxy) is 1. The van der Waals surface area contributed by atoms with E-state index in [9.17, 15) is 18.0 Å². The molecule has 3 aromatic heterocycles. The Balaban J connectivity index is 1.29. The first-order valence-corrected chi connectivity index (χ1v) is 14.9. The van der Waals surface area contributed by atoms with Crippen molar-refractivity contribution in [1.29, 1.82) is 0 Å². The highest BCUT2D eigenvalue weighted by atomic mass is 35.5. The zero-order chi connectivity index (χ0) is 32.4. The molecule has 4 heterocycles. The number of amides is 1. The largest absolute Gasteiger partial charge is 0.481 e. The molecule has 46 heavy (non-hydrogen) atoms. The number of hydrogen-bond donors (Lipinski definition) is 3. The normalized spacial score (nSPS) is 14.8. The van der Waals surface area contributed by atoms with Crippen LogP contribution in [0.25, 0.3) is 33.4 Å². The van der Waals surface area contributed by atoms with Crippen LogP contribution < -0.4 is 20.7 Å². The van der Waals surface area contributed by atoms with Gasteiger partial charge in [0.05, 0.1) is 23.3 Å².